The second-order valence-corrected chi connectivity index (χ2v) is 8.64. The average molecular weight is 373 g/mol. The van der Waals surface area contributed by atoms with E-state index in [0.29, 0.717) is 24.9 Å². The molecule has 2 saturated heterocycles. The third-order valence-corrected chi connectivity index (χ3v) is 6.86. The maximum atomic E-state index is 13.4. The van der Waals surface area contributed by atoms with Crippen LogP contribution in [0.1, 0.15) is 64.2 Å². The number of hydrogen-bond acceptors (Lipinski definition) is 3. The van der Waals surface area contributed by atoms with Gasteiger partial charge in [-0.15, -0.1) is 0 Å². The number of hydrogen-bond donors (Lipinski definition) is 0. The average Bonchev–Trinajstić information content (AvgIpc) is 3.36. The number of aromatic nitrogens is 2. The maximum absolute atomic E-state index is 13.4. The van der Waals surface area contributed by atoms with Gasteiger partial charge in [-0.1, -0.05) is 19.3 Å². The molecule has 1 atom stereocenters. The Labute approximate surface area is 161 Å². The van der Waals surface area contributed by atoms with Crippen molar-refractivity contribution in [1.82, 2.24) is 19.4 Å². The minimum atomic E-state index is -0.296. The molecule has 0 bridgehead atoms. The fourth-order valence-corrected chi connectivity index (χ4v) is 5.30. The summed E-state index contributed by atoms with van der Waals surface area (Å²) in [6.45, 7) is 3.12. The van der Waals surface area contributed by atoms with Crippen LogP contribution >= 0.6 is 0 Å². The molecule has 4 rings (SSSR count). The molecule has 0 radical (unpaired) electrons. The van der Waals surface area contributed by atoms with Gasteiger partial charge in [-0.25, -0.2) is 4.98 Å². The van der Waals surface area contributed by atoms with Gasteiger partial charge in [0.25, 0.3) is 0 Å². The Hall–Kier alpha value is -1.85. The Morgan fingerprint density at radius 2 is 2.00 bits per heavy atom. The van der Waals surface area contributed by atoms with Crippen LogP contribution in [0.2, 0.25) is 0 Å². The molecular weight excluding hydrogens is 340 g/mol. The Morgan fingerprint density at radius 3 is 2.78 bits per heavy atom. The number of imidazole rings is 1. The number of carbonyl (C=O) groups is 2. The van der Waals surface area contributed by atoms with Crippen molar-refractivity contribution >= 4 is 11.8 Å². The number of rotatable bonds is 5. The summed E-state index contributed by atoms with van der Waals surface area (Å²) < 4.78 is 2.01. The summed E-state index contributed by atoms with van der Waals surface area (Å²) in [5, 5.41) is 0. The molecule has 1 spiro atoms. The van der Waals surface area contributed by atoms with Crippen LogP contribution < -0.4 is 0 Å². The van der Waals surface area contributed by atoms with Gasteiger partial charge < -0.3 is 14.4 Å². The van der Waals surface area contributed by atoms with E-state index in [1.165, 1.54) is 32.1 Å². The van der Waals surface area contributed by atoms with Crippen molar-refractivity contribution in [2.45, 2.75) is 76.8 Å². The van der Waals surface area contributed by atoms with Gasteiger partial charge in [-0.3, -0.25) is 9.59 Å². The van der Waals surface area contributed by atoms with Crippen LogP contribution in [0.25, 0.3) is 0 Å². The molecule has 3 aliphatic rings. The van der Waals surface area contributed by atoms with Crippen LogP contribution in [-0.4, -0.2) is 56.8 Å². The predicted octanol–water partition coefficient (Wildman–Crippen LogP) is 2.84. The Bertz CT molecular complexity index is 653. The number of amides is 2. The van der Waals surface area contributed by atoms with Gasteiger partial charge in [0, 0.05) is 51.0 Å². The Morgan fingerprint density at radius 1 is 1.15 bits per heavy atom. The van der Waals surface area contributed by atoms with E-state index in [1.54, 1.807) is 12.5 Å². The van der Waals surface area contributed by atoms with Crippen LogP contribution in [0.4, 0.5) is 0 Å². The number of carbonyl (C=O) groups excluding carboxylic acids is 2. The topological polar surface area (TPSA) is 58.4 Å². The summed E-state index contributed by atoms with van der Waals surface area (Å²) in [5.74, 6) is 0.545. The number of piperidine rings is 1. The van der Waals surface area contributed by atoms with Gasteiger partial charge in [-0.05, 0) is 38.5 Å². The lowest BCUT2D eigenvalue weighted by atomic mass is 9.77. The minimum Gasteiger partial charge on any atom is -0.342 e. The zero-order valence-corrected chi connectivity index (χ0v) is 16.3. The first-order valence-corrected chi connectivity index (χ1v) is 10.7. The highest BCUT2D eigenvalue weighted by Crippen LogP contribution is 2.42. The maximum Gasteiger partial charge on any atom is 0.230 e. The first-order chi connectivity index (χ1) is 13.2. The third-order valence-electron chi connectivity index (χ3n) is 6.86. The van der Waals surface area contributed by atoms with Gasteiger partial charge in [0.2, 0.25) is 11.8 Å². The highest BCUT2D eigenvalue weighted by Gasteiger charge is 2.50. The second-order valence-electron chi connectivity index (χ2n) is 8.64. The van der Waals surface area contributed by atoms with Gasteiger partial charge in [-0.2, -0.15) is 0 Å². The summed E-state index contributed by atoms with van der Waals surface area (Å²) in [5.41, 5.74) is -0.296. The van der Waals surface area contributed by atoms with E-state index in [9.17, 15) is 9.59 Å². The molecule has 2 amide bonds. The fraction of sp³-hybridized carbons (Fsp3) is 0.762. The van der Waals surface area contributed by atoms with Crippen LogP contribution in [0.5, 0.6) is 0 Å². The highest BCUT2D eigenvalue weighted by atomic mass is 16.2. The molecule has 1 aromatic rings. The standard InChI is InChI=1S/C21H32N4O2/c26-19(8-4-12-23-15-11-22-17-23)24-14-10-21(16-24)9-5-13-25(20(21)27)18-6-2-1-3-7-18/h11,15,17-18H,1-10,12-14,16H2. The van der Waals surface area contributed by atoms with E-state index in [0.717, 1.165) is 45.3 Å². The van der Waals surface area contributed by atoms with Crippen molar-refractivity contribution in [2.75, 3.05) is 19.6 Å². The quantitative estimate of drug-likeness (QED) is 0.799. The van der Waals surface area contributed by atoms with E-state index >= 15 is 0 Å². The number of aryl methyl sites for hydroxylation is 1. The lowest BCUT2D eigenvalue weighted by Gasteiger charge is -2.44. The molecule has 0 aromatic carbocycles. The normalized spacial score (nSPS) is 26.9. The van der Waals surface area contributed by atoms with E-state index in [-0.39, 0.29) is 11.3 Å². The first kappa shape index (κ1) is 18.5. The summed E-state index contributed by atoms with van der Waals surface area (Å²) in [6, 6.07) is 0.448. The molecule has 3 fully saturated rings. The highest BCUT2D eigenvalue weighted by molar-refractivity contribution is 5.86. The van der Waals surface area contributed by atoms with Crippen molar-refractivity contribution in [3.8, 4) is 0 Å². The van der Waals surface area contributed by atoms with Gasteiger partial charge >= 0.3 is 0 Å². The zero-order valence-electron chi connectivity index (χ0n) is 16.3. The summed E-state index contributed by atoms with van der Waals surface area (Å²) in [6.07, 6.45) is 15.9. The molecule has 27 heavy (non-hydrogen) atoms. The molecular formula is C21H32N4O2. The van der Waals surface area contributed by atoms with Crippen LogP contribution in [0.3, 0.4) is 0 Å². The van der Waals surface area contributed by atoms with Crippen molar-refractivity contribution in [3.63, 3.8) is 0 Å². The Kier molecular flexibility index (Phi) is 5.50. The predicted molar refractivity (Wildman–Crippen MR) is 103 cm³/mol. The van der Waals surface area contributed by atoms with Crippen LogP contribution in [-0.2, 0) is 16.1 Å². The van der Waals surface area contributed by atoms with E-state index in [4.69, 9.17) is 0 Å². The van der Waals surface area contributed by atoms with E-state index in [2.05, 4.69) is 9.88 Å². The largest absolute Gasteiger partial charge is 0.342 e. The van der Waals surface area contributed by atoms with Crippen molar-refractivity contribution in [2.24, 2.45) is 5.41 Å². The lowest BCUT2D eigenvalue weighted by Crippen LogP contribution is -2.54. The molecule has 1 unspecified atom stereocenters. The summed E-state index contributed by atoms with van der Waals surface area (Å²) in [4.78, 5) is 34.2. The second kappa shape index (κ2) is 8.03. The van der Waals surface area contributed by atoms with Gasteiger partial charge in [0.15, 0.2) is 0 Å². The molecule has 3 heterocycles. The molecule has 0 N–H and O–H groups in total. The van der Waals surface area contributed by atoms with Crippen LogP contribution in [0, 0.1) is 5.41 Å². The lowest BCUT2D eigenvalue weighted by molar-refractivity contribution is -0.149. The fourth-order valence-electron chi connectivity index (χ4n) is 5.30. The molecule has 1 aliphatic carbocycles. The Balaban J connectivity index is 1.32. The molecule has 6 heteroatoms. The van der Waals surface area contributed by atoms with E-state index in [1.807, 2.05) is 15.7 Å². The monoisotopic (exact) mass is 372 g/mol. The van der Waals surface area contributed by atoms with Crippen molar-refractivity contribution in [1.29, 1.82) is 0 Å². The molecule has 2 aliphatic heterocycles. The SMILES string of the molecule is O=C(CCCn1ccnc1)N1CCC2(CCCN(C3CCCCC3)C2=O)C1. The third kappa shape index (κ3) is 3.90. The smallest absolute Gasteiger partial charge is 0.230 e. The number of likely N-dealkylation sites (tertiary alicyclic amines) is 2. The zero-order chi connectivity index (χ0) is 18.7. The van der Waals surface area contributed by atoms with Gasteiger partial charge in [0.05, 0.1) is 11.7 Å². The molecule has 6 nitrogen and oxygen atoms in total. The summed E-state index contributed by atoms with van der Waals surface area (Å²) in [7, 11) is 0. The number of nitrogens with zero attached hydrogens (tertiary/aromatic N) is 4. The molecule has 1 aromatic heterocycles. The molecule has 148 valence electrons. The first-order valence-electron chi connectivity index (χ1n) is 10.7. The van der Waals surface area contributed by atoms with Crippen molar-refractivity contribution in [3.05, 3.63) is 18.7 Å². The minimum absolute atomic E-state index is 0.203. The van der Waals surface area contributed by atoms with Crippen molar-refractivity contribution < 1.29 is 9.59 Å². The van der Waals surface area contributed by atoms with Gasteiger partial charge in [0.1, 0.15) is 0 Å². The van der Waals surface area contributed by atoms with E-state index < -0.39 is 0 Å². The molecule has 1 saturated carbocycles. The van der Waals surface area contributed by atoms with Crippen LogP contribution in [0.15, 0.2) is 18.7 Å². The summed E-state index contributed by atoms with van der Waals surface area (Å²) >= 11 is 0.